The lowest BCUT2D eigenvalue weighted by Gasteiger charge is -2.16. The summed E-state index contributed by atoms with van der Waals surface area (Å²) in [7, 11) is 0. The van der Waals surface area contributed by atoms with Crippen LogP contribution in [0.1, 0.15) is 43.0 Å². The summed E-state index contributed by atoms with van der Waals surface area (Å²) in [4.78, 5) is 10.7. The Morgan fingerprint density at radius 1 is 1.40 bits per heavy atom. The molecule has 2 rings (SSSR count). The van der Waals surface area contributed by atoms with Crippen molar-refractivity contribution in [2.45, 2.75) is 38.6 Å². The standard InChI is InChI=1S/C16H23NO3/c1-2-14(11-12-3-4-12)17-9-10-20-15-7-5-13(6-8-15)16(18)19/h5-8,12,14,17H,2-4,9-11H2,1H3,(H,18,19). The topological polar surface area (TPSA) is 58.6 Å². The quantitative estimate of drug-likeness (QED) is 0.681. The molecule has 0 aromatic heterocycles. The van der Waals surface area contributed by atoms with Gasteiger partial charge in [0.15, 0.2) is 0 Å². The van der Waals surface area contributed by atoms with Crippen molar-refractivity contribution in [2.24, 2.45) is 5.92 Å². The van der Waals surface area contributed by atoms with Gasteiger partial charge in [-0.3, -0.25) is 0 Å². The molecule has 0 radical (unpaired) electrons. The highest BCUT2D eigenvalue weighted by molar-refractivity contribution is 5.87. The summed E-state index contributed by atoms with van der Waals surface area (Å²) >= 11 is 0. The Labute approximate surface area is 120 Å². The van der Waals surface area contributed by atoms with Gasteiger partial charge in [-0.2, -0.15) is 0 Å². The normalized spacial score (nSPS) is 15.8. The summed E-state index contributed by atoms with van der Waals surface area (Å²) < 4.78 is 5.60. The lowest BCUT2D eigenvalue weighted by atomic mass is 10.1. The molecule has 1 atom stereocenters. The summed E-state index contributed by atoms with van der Waals surface area (Å²) in [5.41, 5.74) is 0.283. The van der Waals surface area contributed by atoms with Gasteiger partial charge in [-0.05, 0) is 43.0 Å². The second-order valence-electron chi connectivity index (χ2n) is 5.42. The predicted molar refractivity (Wildman–Crippen MR) is 78.3 cm³/mol. The van der Waals surface area contributed by atoms with Gasteiger partial charge in [0.2, 0.25) is 0 Å². The molecule has 0 amide bonds. The molecule has 1 aromatic carbocycles. The molecule has 4 nitrogen and oxygen atoms in total. The second kappa shape index (κ2) is 7.29. The number of aromatic carboxylic acids is 1. The first-order chi connectivity index (χ1) is 9.69. The molecule has 1 aliphatic carbocycles. The maximum absolute atomic E-state index is 10.7. The molecule has 20 heavy (non-hydrogen) atoms. The minimum absolute atomic E-state index is 0.283. The van der Waals surface area contributed by atoms with Crippen LogP contribution < -0.4 is 10.1 Å². The van der Waals surface area contributed by atoms with Gasteiger partial charge in [-0.15, -0.1) is 0 Å². The third-order valence-corrected chi connectivity index (χ3v) is 3.71. The number of nitrogens with one attached hydrogen (secondary N) is 1. The maximum atomic E-state index is 10.7. The van der Waals surface area contributed by atoms with Gasteiger partial charge in [0.25, 0.3) is 0 Å². The average molecular weight is 277 g/mol. The maximum Gasteiger partial charge on any atom is 0.335 e. The molecule has 0 bridgehead atoms. The van der Waals surface area contributed by atoms with E-state index in [1.54, 1.807) is 24.3 Å². The number of carboxylic acid groups (broad SMARTS) is 1. The summed E-state index contributed by atoms with van der Waals surface area (Å²) in [5.74, 6) is 0.744. The summed E-state index contributed by atoms with van der Waals surface area (Å²) in [6.07, 6.45) is 5.23. The van der Waals surface area contributed by atoms with Gasteiger partial charge in [-0.25, -0.2) is 4.79 Å². The van der Waals surface area contributed by atoms with Crippen LogP contribution in [0.3, 0.4) is 0 Å². The summed E-state index contributed by atoms with van der Waals surface area (Å²) in [6, 6.07) is 7.12. The van der Waals surface area contributed by atoms with E-state index < -0.39 is 5.97 Å². The van der Waals surface area contributed by atoms with Crippen molar-refractivity contribution >= 4 is 5.97 Å². The van der Waals surface area contributed by atoms with Gasteiger partial charge in [0.05, 0.1) is 5.56 Å². The second-order valence-corrected chi connectivity index (χ2v) is 5.42. The monoisotopic (exact) mass is 277 g/mol. The highest BCUT2D eigenvalue weighted by Gasteiger charge is 2.24. The van der Waals surface area contributed by atoms with Gasteiger partial charge in [0, 0.05) is 12.6 Å². The number of hydrogen-bond acceptors (Lipinski definition) is 3. The van der Waals surface area contributed by atoms with Gasteiger partial charge >= 0.3 is 5.97 Å². The number of ether oxygens (including phenoxy) is 1. The van der Waals surface area contributed by atoms with Gasteiger partial charge < -0.3 is 15.2 Å². The number of carbonyl (C=O) groups is 1. The van der Waals surface area contributed by atoms with Crippen molar-refractivity contribution in [3.8, 4) is 5.75 Å². The van der Waals surface area contributed by atoms with Crippen molar-refractivity contribution in [3.05, 3.63) is 29.8 Å². The average Bonchev–Trinajstić information content (AvgIpc) is 3.26. The minimum atomic E-state index is -0.913. The number of carboxylic acids is 1. The third kappa shape index (κ3) is 4.85. The fourth-order valence-electron chi connectivity index (χ4n) is 2.28. The van der Waals surface area contributed by atoms with Crippen molar-refractivity contribution in [1.82, 2.24) is 5.32 Å². The molecular weight excluding hydrogens is 254 g/mol. The Balaban J connectivity index is 1.65. The Hall–Kier alpha value is -1.55. The van der Waals surface area contributed by atoms with Crippen LogP contribution in [0.4, 0.5) is 0 Å². The molecule has 0 aliphatic heterocycles. The zero-order chi connectivity index (χ0) is 14.4. The SMILES string of the molecule is CCC(CC1CC1)NCCOc1ccc(C(=O)O)cc1. The lowest BCUT2D eigenvalue weighted by molar-refractivity contribution is 0.0697. The van der Waals surface area contributed by atoms with E-state index >= 15 is 0 Å². The van der Waals surface area contributed by atoms with Gasteiger partial charge in [-0.1, -0.05) is 19.8 Å². The van der Waals surface area contributed by atoms with Crippen LogP contribution in [0.15, 0.2) is 24.3 Å². The molecule has 2 N–H and O–H groups in total. The molecule has 1 fully saturated rings. The Morgan fingerprint density at radius 3 is 2.65 bits per heavy atom. The van der Waals surface area contributed by atoms with E-state index in [0.29, 0.717) is 18.4 Å². The first-order valence-corrected chi connectivity index (χ1v) is 7.38. The van der Waals surface area contributed by atoms with E-state index in [-0.39, 0.29) is 5.56 Å². The first-order valence-electron chi connectivity index (χ1n) is 7.38. The Kier molecular flexibility index (Phi) is 5.41. The number of hydrogen-bond donors (Lipinski definition) is 2. The number of benzene rings is 1. The van der Waals surface area contributed by atoms with Crippen LogP contribution in [-0.2, 0) is 0 Å². The van der Waals surface area contributed by atoms with E-state index in [1.807, 2.05) is 0 Å². The zero-order valence-corrected chi connectivity index (χ0v) is 12.0. The van der Waals surface area contributed by atoms with Crippen LogP contribution >= 0.6 is 0 Å². The van der Waals surface area contributed by atoms with Crippen LogP contribution in [0.25, 0.3) is 0 Å². The zero-order valence-electron chi connectivity index (χ0n) is 12.0. The third-order valence-electron chi connectivity index (χ3n) is 3.71. The van der Waals surface area contributed by atoms with E-state index in [0.717, 1.165) is 18.9 Å². The van der Waals surface area contributed by atoms with Crippen LogP contribution in [0.5, 0.6) is 5.75 Å². The van der Waals surface area contributed by atoms with Crippen molar-refractivity contribution in [1.29, 1.82) is 0 Å². The fraction of sp³-hybridized carbons (Fsp3) is 0.562. The van der Waals surface area contributed by atoms with Gasteiger partial charge in [0.1, 0.15) is 12.4 Å². The molecule has 110 valence electrons. The van der Waals surface area contributed by atoms with E-state index in [4.69, 9.17) is 9.84 Å². The highest BCUT2D eigenvalue weighted by Crippen LogP contribution is 2.33. The van der Waals surface area contributed by atoms with Crippen molar-refractivity contribution in [3.63, 3.8) is 0 Å². The first kappa shape index (κ1) is 14.9. The van der Waals surface area contributed by atoms with E-state index in [9.17, 15) is 4.79 Å². The van der Waals surface area contributed by atoms with E-state index in [2.05, 4.69) is 12.2 Å². The molecule has 1 saturated carbocycles. The van der Waals surface area contributed by atoms with Crippen LogP contribution in [0, 0.1) is 5.92 Å². The molecule has 1 unspecified atom stereocenters. The van der Waals surface area contributed by atoms with E-state index in [1.165, 1.54) is 19.3 Å². The fourth-order valence-corrected chi connectivity index (χ4v) is 2.28. The van der Waals surface area contributed by atoms with Crippen molar-refractivity contribution < 1.29 is 14.6 Å². The molecule has 0 spiro atoms. The Morgan fingerprint density at radius 2 is 2.10 bits per heavy atom. The molecule has 4 heteroatoms. The Bertz CT molecular complexity index is 426. The van der Waals surface area contributed by atoms with Crippen LogP contribution in [-0.4, -0.2) is 30.3 Å². The summed E-state index contributed by atoms with van der Waals surface area (Å²) in [5, 5.41) is 12.3. The molecule has 1 aliphatic rings. The predicted octanol–water partition coefficient (Wildman–Crippen LogP) is 2.93. The minimum Gasteiger partial charge on any atom is -0.492 e. The largest absolute Gasteiger partial charge is 0.492 e. The summed E-state index contributed by atoms with van der Waals surface area (Å²) in [6.45, 7) is 3.64. The molecule has 0 saturated heterocycles. The lowest BCUT2D eigenvalue weighted by Crippen LogP contribution is -2.32. The van der Waals surface area contributed by atoms with Crippen LogP contribution in [0.2, 0.25) is 0 Å². The highest BCUT2D eigenvalue weighted by atomic mass is 16.5. The smallest absolute Gasteiger partial charge is 0.335 e. The molecular formula is C16H23NO3. The molecule has 1 aromatic rings. The number of rotatable bonds is 9. The molecule has 0 heterocycles. The van der Waals surface area contributed by atoms with Crippen molar-refractivity contribution in [2.75, 3.05) is 13.2 Å².